The summed E-state index contributed by atoms with van der Waals surface area (Å²) in [5.41, 5.74) is 0. The van der Waals surface area contributed by atoms with Gasteiger partial charge >= 0.3 is 17.9 Å². The van der Waals surface area contributed by atoms with Crippen LogP contribution in [0.3, 0.4) is 0 Å². The average Bonchev–Trinajstić information content (AvgIpc) is 3.42. The van der Waals surface area contributed by atoms with Gasteiger partial charge in [0.15, 0.2) is 6.10 Å². The zero-order valence-electron chi connectivity index (χ0n) is 50.5. The average molecular weight is 1060 g/mol. The molecule has 0 aromatic rings. The standard InChI is InChI=1S/C70H124O6/c1-4-7-10-13-16-19-22-25-27-29-31-32-33-34-35-36-37-39-40-42-45-48-51-54-57-60-63-69(72)75-66-67(65-74-68(71)62-59-56-53-50-47-44-24-21-18-15-12-9-6-3)76-70(73)64-61-58-55-52-49-46-43-41-38-30-28-26-23-20-17-14-11-8-5-2/h9,12,17-18,20-21,26,28,38,41,44,47,67H,4-8,10-11,13-16,19,22-25,27,29-37,39-40,42-43,45-46,48-66H2,1-3H3/b12-9-,20-17-,21-18-,28-26-,41-38-,47-44-. The second-order valence-corrected chi connectivity index (χ2v) is 22.0. The van der Waals surface area contributed by atoms with E-state index in [0.29, 0.717) is 19.3 Å². The molecule has 0 heterocycles. The van der Waals surface area contributed by atoms with Crippen LogP contribution < -0.4 is 0 Å². The van der Waals surface area contributed by atoms with E-state index in [4.69, 9.17) is 14.2 Å². The van der Waals surface area contributed by atoms with E-state index in [9.17, 15) is 14.4 Å². The summed E-state index contributed by atoms with van der Waals surface area (Å²) in [4.78, 5) is 38.3. The topological polar surface area (TPSA) is 78.9 Å². The molecular formula is C70H124O6. The summed E-state index contributed by atoms with van der Waals surface area (Å²) in [5, 5.41) is 0. The lowest BCUT2D eigenvalue weighted by Crippen LogP contribution is -2.30. The molecule has 0 fully saturated rings. The summed E-state index contributed by atoms with van der Waals surface area (Å²) in [6.07, 6.45) is 83.6. The van der Waals surface area contributed by atoms with Crippen LogP contribution in [0.2, 0.25) is 0 Å². The fourth-order valence-electron chi connectivity index (χ4n) is 9.53. The number of carbonyl (C=O) groups excluding carboxylic acids is 3. The molecule has 0 rings (SSSR count). The molecule has 0 radical (unpaired) electrons. The van der Waals surface area contributed by atoms with E-state index in [1.54, 1.807) is 0 Å². The Bertz CT molecular complexity index is 1400. The Labute approximate surface area is 472 Å². The molecular weight excluding hydrogens is 937 g/mol. The van der Waals surface area contributed by atoms with Crippen LogP contribution in [0, 0.1) is 0 Å². The van der Waals surface area contributed by atoms with Gasteiger partial charge in [0.2, 0.25) is 0 Å². The largest absolute Gasteiger partial charge is 0.462 e. The maximum atomic E-state index is 12.9. The van der Waals surface area contributed by atoms with Gasteiger partial charge in [0.05, 0.1) is 0 Å². The molecule has 0 aliphatic carbocycles. The van der Waals surface area contributed by atoms with E-state index in [2.05, 4.69) is 93.7 Å². The van der Waals surface area contributed by atoms with Crippen LogP contribution in [0.5, 0.6) is 0 Å². The lowest BCUT2D eigenvalue weighted by molar-refractivity contribution is -0.167. The molecule has 1 unspecified atom stereocenters. The zero-order valence-corrected chi connectivity index (χ0v) is 50.5. The summed E-state index contributed by atoms with van der Waals surface area (Å²) in [7, 11) is 0. The predicted molar refractivity (Wildman–Crippen MR) is 330 cm³/mol. The second kappa shape index (κ2) is 64.4. The highest BCUT2D eigenvalue weighted by molar-refractivity contribution is 5.71. The number of ether oxygens (including phenoxy) is 3. The molecule has 0 saturated carbocycles. The third kappa shape index (κ3) is 61.7. The Morgan fingerprint density at radius 1 is 0.276 bits per heavy atom. The van der Waals surface area contributed by atoms with Crippen molar-refractivity contribution in [1.29, 1.82) is 0 Å². The number of hydrogen-bond acceptors (Lipinski definition) is 6. The SMILES string of the molecule is CC/C=C\C/C=C\C/C=C\CCCCCC(=O)OCC(COC(=O)CCCCCCCCCCCCCCCCCCCCCCCCCCCC)OC(=O)CCCCCCCC/C=C\C/C=C\C/C=C\CCCCC. The van der Waals surface area contributed by atoms with Crippen LogP contribution in [0.15, 0.2) is 72.9 Å². The van der Waals surface area contributed by atoms with Crippen LogP contribution in [-0.4, -0.2) is 37.2 Å². The van der Waals surface area contributed by atoms with E-state index in [-0.39, 0.29) is 31.1 Å². The monoisotopic (exact) mass is 1060 g/mol. The Morgan fingerprint density at radius 3 is 0.842 bits per heavy atom. The third-order valence-corrected chi connectivity index (χ3v) is 14.4. The molecule has 0 aliphatic heterocycles. The van der Waals surface area contributed by atoms with Crippen LogP contribution in [-0.2, 0) is 28.6 Å². The summed E-state index contributed by atoms with van der Waals surface area (Å²) >= 11 is 0. The predicted octanol–water partition coefficient (Wildman–Crippen LogP) is 22.5. The number of rotatable bonds is 60. The van der Waals surface area contributed by atoms with Crippen molar-refractivity contribution in [3.8, 4) is 0 Å². The minimum atomic E-state index is -0.795. The molecule has 0 amide bonds. The van der Waals surface area contributed by atoms with Gasteiger partial charge < -0.3 is 14.2 Å². The number of allylic oxidation sites excluding steroid dienone is 12. The Balaban J connectivity index is 4.28. The molecule has 6 heteroatoms. The lowest BCUT2D eigenvalue weighted by Gasteiger charge is -2.18. The van der Waals surface area contributed by atoms with Crippen LogP contribution in [0.25, 0.3) is 0 Å². The first-order valence-electron chi connectivity index (χ1n) is 32.9. The first kappa shape index (κ1) is 72.8. The molecule has 0 aliphatic rings. The number of unbranched alkanes of at least 4 members (excludes halogenated alkanes) is 37. The Morgan fingerprint density at radius 2 is 0.513 bits per heavy atom. The van der Waals surface area contributed by atoms with Gasteiger partial charge in [-0.3, -0.25) is 14.4 Å². The highest BCUT2D eigenvalue weighted by Crippen LogP contribution is 2.17. The van der Waals surface area contributed by atoms with Crippen molar-refractivity contribution in [2.75, 3.05) is 13.2 Å². The third-order valence-electron chi connectivity index (χ3n) is 14.4. The molecule has 440 valence electrons. The number of hydrogen-bond donors (Lipinski definition) is 0. The highest BCUT2D eigenvalue weighted by atomic mass is 16.6. The van der Waals surface area contributed by atoms with Crippen LogP contribution in [0.1, 0.15) is 335 Å². The highest BCUT2D eigenvalue weighted by Gasteiger charge is 2.19. The van der Waals surface area contributed by atoms with Crippen molar-refractivity contribution in [1.82, 2.24) is 0 Å². The van der Waals surface area contributed by atoms with Gasteiger partial charge in [0, 0.05) is 19.3 Å². The van der Waals surface area contributed by atoms with E-state index < -0.39 is 6.10 Å². The zero-order chi connectivity index (χ0) is 55.0. The van der Waals surface area contributed by atoms with Gasteiger partial charge in [-0.15, -0.1) is 0 Å². The molecule has 0 spiro atoms. The number of esters is 3. The normalized spacial score (nSPS) is 12.5. The van der Waals surface area contributed by atoms with E-state index in [1.165, 1.54) is 186 Å². The van der Waals surface area contributed by atoms with Crippen molar-refractivity contribution < 1.29 is 28.6 Å². The Kier molecular flexibility index (Phi) is 61.7. The van der Waals surface area contributed by atoms with Crippen molar-refractivity contribution in [3.05, 3.63) is 72.9 Å². The fraction of sp³-hybridized carbons (Fsp3) is 0.786. The summed E-state index contributed by atoms with van der Waals surface area (Å²) in [5.74, 6) is -0.916. The van der Waals surface area contributed by atoms with Gasteiger partial charge in [0.25, 0.3) is 0 Å². The molecule has 0 bridgehead atoms. The van der Waals surface area contributed by atoms with E-state index >= 15 is 0 Å². The molecule has 76 heavy (non-hydrogen) atoms. The summed E-state index contributed by atoms with van der Waals surface area (Å²) < 4.78 is 16.9. The maximum Gasteiger partial charge on any atom is 0.306 e. The first-order valence-corrected chi connectivity index (χ1v) is 32.9. The van der Waals surface area contributed by atoms with Crippen molar-refractivity contribution in [2.45, 2.75) is 341 Å². The maximum absolute atomic E-state index is 12.9. The van der Waals surface area contributed by atoms with Crippen molar-refractivity contribution in [2.24, 2.45) is 0 Å². The van der Waals surface area contributed by atoms with Gasteiger partial charge in [-0.25, -0.2) is 0 Å². The van der Waals surface area contributed by atoms with Crippen molar-refractivity contribution in [3.63, 3.8) is 0 Å². The molecule has 6 nitrogen and oxygen atoms in total. The van der Waals surface area contributed by atoms with E-state index in [0.717, 1.165) is 109 Å². The van der Waals surface area contributed by atoms with E-state index in [1.807, 2.05) is 0 Å². The molecule has 0 aromatic heterocycles. The fourth-order valence-corrected chi connectivity index (χ4v) is 9.53. The van der Waals surface area contributed by atoms with Crippen molar-refractivity contribution >= 4 is 17.9 Å². The summed E-state index contributed by atoms with van der Waals surface area (Å²) in [6, 6.07) is 0. The molecule has 0 aromatic carbocycles. The van der Waals surface area contributed by atoms with Gasteiger partial charge in [0.1, 0.15) is 13.2 Å². The van der Waals surface area contributed by atoms with Gasteiger partial charge in [-0.1, -0.05) is 299 Å². The smallest absolute Gasteiger partial charge is 0.306 e. The number of carbonyl (C=O) groups is 3. The molecule has 0 saturated heterocycles. The quantitative estimate of drug-likeness (QED) is 0.0261. The minimum absolute atomic E-state index is 0.0877. The summed E-state index contributed by atoms with van der Waals surface area (Å²) in [6.45, 7) is 6.51. The minimum Gasteiger partial charge on any atom is -0.462 e. The van der Waals surface area contributed by atoms with Gasteiger partial charge in [-0.05, 0) is 89.9 Å². The van der Waals surface area contributed by atoms with Crippen LogP contribution >= 0.6 is 0 Å². The molecule has 0 N–H and O–H groups in total. The van der Waals surface area contributed by atoms with Gasteiger partial charge in [-0.2, -0.15) is 0 Å². The second-order valence-electron chi connectivity index (χ2n) is 22.0. The molecule has 1 atom stereocenters. The Hall–Kier alpha value is -3.15. The van der Waals surface area contributed by atoms with Crippen LogP contribution in [0.4, 0.5) is 0 Å². The first-order chi connectivity index (χ1) is 37.5. The lowest BCUT2D eigenvalue weighted by atomic mass is 10.0.